The molecule has 0 bridgehead atoms. The molecule has 0 spiro atoms. The van der Waals surface area contributed by atoms with Crippen molar-refractivity contribution in [2.45, 2.75) is 369 Å². The normalized spacial score (nSPS) is 14.9. The zero-order valence-electron chi connectivity index (χ0n) is 58.8. The van der Waals surface area contributed by atoms with Crippen LogP contribution in [0.5, 0.6) is 0 Å². The molecule has 0 amide bonds. The summed E-state index contributed by atoms with van der Waals surface area (Å²) in [7, 11) is -9.90. The van der Waals surface area contributed by atoms with E-state index in [1.54, 1.807) is 0 Å². The summed E-state index contributed by atoms with van der Waals surface area (Å²) in [6.07, 6.45) is 43.1. The number of phosphoric acid groups is 2. The molecule has 0 radical (unpaired) electrons. The van der Waals surface area contributed by atoms with Gasteiger partial charge in [0.15, 0.2) is 12.2 Å². The maximum absolute atomic E-state index is 13.0. The van der Waals surface area contributed by atoms with Crippen LogP contribution in [0.3, 0.4) is 0 Å². The Labute approximate surface area is 549 Å². The first-order valence-electron chi connectivity index (χ1n) is 36.8. The Balaban J connectivity index is 5.23. The van der Waals surface area contributed by atoms with E-state index >= 15 is 0 Å². The molecule has 0 saturated carbocycles. The van der Waals surface area contributed by atoms with Crippen LogP contribution in [0, 0.1) is 23.7 Å². The van der Waals surface area contributed by atoms with Crippen LogP contribution < -0.4 is 0 Å². The molecule has 0 aliphatic heterocycles. The fourth-order valence-electron chi connectivity index (χ4n) is 10.6. The van der Waals surface area contributed by atoms with Gasteiger partial charge < -0.3 is 33.8 Å². The number of phosphoric ester groups is 2. The first kappa shape index (κ1) is 88.1. The molecule has 17 nitrogen and oxygen atoms in total. The summed E-state index contributed by atoms with van der Waals surface area (Å²) >= 11 is 0. The summed E-state index contributed by atoms with van der Waals surface area (Å²) in [6.45, 7) is 14.1. The van der Waals surface area contributed by atoms with E-state index in [4.69, 9.17) is 37.0 Å². The number of aliphatic hydroxyl groups is 1. The molecule has 0 aliphatic rings. The van der Waals surface area contributed by atoms with Crippen LogP contribution in [-0.2, 0) is 65.4 Å². The number of esters is 4. The van der Waals surface area contributed by atoms with Crippen molar-refractivity contribution < 1.29 is 80.2 Å². The van der Waals surface area contributed by atoms with Gasteiger partial charge in [-0.2, -0.15) is 0 Å². The molecule has 0 aliphatic carbocycles. The Morgan fingerprint density at radius 1 is 0.311 bits per heavy atom. The van der Waals surface area contributed by atoms with E-state index in [1.807, 2.05) is 0 Å². The van der Waals surface area contributed by atoms with Crippen LogP contribution in [0.1, 0.15) is 351 Å². The van der Waals surface area contributed by atoms with E-state index in [-0.39, 0.29) is 25.7 Å². The van der Waals surface area contributed by atoms with Gasteiger partial charge in [0, 0.05) is 25.7 Å². The molecule has 0 heterocycles. The highest BCUT2D eigenvalue weighted by Crippen LogP contribution is 2.45. The topological polar surface area (TPSA) is 237 Å². The van der Waals surface area contributed by atoms with Gasteiger partial charge in [-0.3, -0.25) is 37.3 Å². The summed E-state index contributed by atoms with van der Waals surface area (Å²) in [6, 6.07) is 0. The largest absolute Gasteiger partial charge is 0.472 e. The Morgan fingerprint density at radius 2 is 0.533 bits per heavy atom. The average molecular weight is 1330 g/mol. The zero-order chi connectivity index (χ0) is 66.8. The molecule has 534 valence electrons. The fourth-order valence-corrected chi connectivity index (χ4v) is 12.2. The van der Waals surface area contributed by atoms with Gasteiger partial charge in [-0.25, -0.2) is 9.13 Å². The second-order valence-corrected chi connectivity index (χ2v) is 30.0. The molecule has 0 rings (SSSR count). The van der Waals surface area contributed by atoms with Gasteiger partial charge >= 0.3 is 39.5 Å². The van der Waals surface area contributed by atoms with Crippen molar-refractivity contribution in [3.8, 4) is 0 Å². The van der Waals surface area contributed by atoms with E-state index in [0.717, 1.165) is 114 Å². The first-order chi connectivity index (χ1) is 43.2. The van der Waals surface area contributed by atoms with Gasteiger partial charge in [0.2, 0.25) is 0 Å². The SMILES string of the molecule is CCC(C)CCCCCCCCCCCCC(=O)O[C@H](COC(=O)CCCCCCCCC(C)CC)COP(=O)(O)OC[C@H](O)COP(=O)(O)OC[C@@H](COC(=O)CCCCCCCCCCCCCCCC(C)C)OC(=O)CCCCCCCCCC(C)C. The number of carbonyl (C=O) groups is 4. The predicted molar refractivity (Wildman–Crippen MR) is 363 cm³/mol. The molecule has 0 aromatic heterocycles. The Bertz CT molecular complexity index is 1790. The lowest BCUT2D eigenvalue weighted by atomic mass is 9.99. The third-order valence-electron chi connectivity index (χ3n) is 17.0. The van der Waals surface area contributed by atoms with Gasteiger partial charge in [0.25, 0.3) is 0 Å². The van der Waals surface area contributed by atoms with Crippen LogP contribution in [0.25, 0.3) is 0 Å². The third-order valence-corrected chi connectivity index (χ3v) is 18.9. The number of hydrogen-bond acceptors (Lipinski definition) is 15. The van der Waals surface area contributed by atoms with Crippen LogP contribution in [0.2, 0.25) is 0 Å². The lowest BCUT2D eigenvalue weighted by Gasteiger charge is -2.21. The molecule has 4 unspecified atom stereocenters. The summed E-state index contributed by atoms with van der Waals surface area (Å²) in [5.74, 6) is 0.890. The average Bonchev–Trinajstić information content (AvgIpc) is 3.72. The molecular weight excluding hydrogens is 1190 g/mol. The number of unbranched alkanes of at least 4 members (excludes halogenated alkanes) is 32. The molecule has 90 heavy (non-hydrogen) atoms. The van der Waals surface area contributed by atoms with Gasteiger partial charge in [-0.15, -0.1) is 0 Å². The highest BCUT2D eigenvalue weighted by atomic mass is 31.2. The van der Waals surface area contributed by atoms with E-state index in [9.17, 15) is 43.2 Å². The predicted octanol–water partition coefficient (Wildman–Crippen LogP) is 20.1. The summed E-state index contributed by atoms with van der Waals surface area (Å²) in [4.78, 5) is 72.6. The van der Waals surface area contributed by atoms with Crippen molar-refractivity contribution >= 4 is 39.5 Å². The number of ether oxygens (including phenoxy) is 4. The van der Waals surface area contributed by atoms with E-state index in [2.05, 4.69) is 55.4 Å². The maximum atomic E-state index is 13.0. The van der Waals surface area contributed by atoms with Crippen molar-refractivity contribution in [3.63, 3.8) is 0 Å². The summed E-state index contributed by atoms with van der Waals surface area (Å²) in [5, 5.41) is 10.6. The monoisotopic (exact) mass is 1320 g/mol. The third kappa shape index (κ3) is 62.2. The van der Waals surface area contributed by atoms with Crippen LogP contribution >= 0.6 is 15.6 Å². The number of carbonyl (C=O) groups excluding carboxylic acids is 4. The van der Waals surface area contributed by atoms with Crippen molar-refractivity contribution in [1.82, 2.24) is 0 Å². The molecule has 7 atom stereocenters. The minimum absolute atomic E-state index is 0.103. The quantitative estimate of drug-likeness (QED) is 0.0222. The van der Waals surface area contributed by atoms with Crippen molar-refractivity contribution in [2.75, 3.05) is 39.6 Å². The van der Waals surface area contributed by atoms with Crippen LogP contribution in [0.4, 0.5) is 0 Å². The molecule has 19 heteroatoms. The van der Waals surface area contributed by atoms with Gasteiger partial charge in [0.1, 0.15) is 19.3 Å². The number of hydrogen-bond donors (Lipinski definition) is 3. The molecule has 0 fully saturated rings. The molecular formula is C71H138O17P2. The lowest BCUT2D eigenvalue weighted by molar-refractivity contribution is -0.161. The minimum atomic E-state index is -4.95. The number of rotatable bonds is 68. The Hall–Kier alpha value is -1.94. The molecule has 0 aromatic rings. The Kier molecular flexibility index (Phi) is 59.4. The second-order valence-electron chi connectivity index (χ2n) is 27.1. The van der Waals surface area contributed by atoms with Crippen molar-refractivity contribution in [1.29, 1.82) is 0 Å². The maximum Gasteiger partial charge on any atom is 0.472 e. The lowest BCUT2D eigenvalue weighted by Crippen LogP contribution is -2.30. The standard InChI is InChI=1S/C71H138O17P2/c1-9-63(7)49-41-33-25-19-16-17-21-27-37-45-53-70(75)87-67(58-82-69(74)52-44-36-30-29-34-42-50-64(8)10-2)60-86-90(79,80)84-56-65(72)55-83-89(77,78)85-59-66(88-71(76)54-46-38-28-22-24-32-40-48-62(5)6)57-81-68(73)51-43-35-26-20-15-13-11-12-14-18-23-31-39-47-61(3)4/h61-67,72H,9-60H2,1-8H3,(H,77,78)(H,79,80)/t63?,64?,65-,66-,67-/m1/s1. The van der Waals surface area contributed by atoms with Crippen LogP contribution in [0.15, 0.2) is 0 Å². The van der Waals surface area contributed by atoms with Crippen molar-refractivity contribution in [3.05, 3.63) is 0 Å². The van der Waals surface area contributed by atoms with Gasteiger partial charge in [-0.05, 0) is 49.4 Å². The van der Waals surface area contributed by atoms with Gasteiger partial charge in [0.05, 0.1) is 26.4 Å². The van der Waals surface area contributed by atoms with Gasteiger partial charge in [-0.1, -0.05) is 299 Å². The second kappa shape index (κ2) is 60.7. The van der Waals surface area contributed by atoms with E-state index in [0.29, 0.717) is 31.6 Å². The Morgan fingerprint density at radius 3 is 0.789 bits per heavy atom. The number of aliphatic hydroxyl groups excluding tert-OH is 1. The molecule has 3 N–H and O–H groups in total. The molecule has 0 aromatic carbocycles. The van der Waals surface area contributed by atoms with E-state index < -0.39 is 97.5 Å². The highest BCUT2D eigenvalue weighted by Gasteiger charge is 2.30. The van der Waals surface area contributed by atoms with Crippen molar-refractivity contribution in [2.24, 2.45) is 23.7 Å². The zero-order valence-corrected chi connectivity index (χ0v) is 60.6. The van der Waals surface area contributed by atoms with E-state index in [1.165, 1.54) is 148 Å². The highest BCUT2D eigenvalue weighted by molar-refractivity contribution is 7.47. The smallest absolute Gasteiger partial charge is 0.462 e. The summed E-state index contributed by atoms with van der Waals surface area (Å²) in [5.41, 5.74) is 0. The fraction of sp³-hybridized carbons (Fsp3) is 0.944. The first-order valence-corrected chi connectivity index (χ1v) is 39.8. The minimum Gasteiger partial charge on any atom is -0.462 e. The van der Waals surface area contributed by atoms with Crippen LogP contribution in [-0.4, -0.2) is 96.7 Å². The molecule has 0 saturated heterocycles. The summed E-state index contributed by atoms with van der Waals surface area (Å²) < 4.78 is 68.3.